The minimum Gasteiger partial charge on any atom is -0.478 e. The van der Waals surface area contributed by atoms with E-state index in [1.807, 2.05) is 6.92 Å². The lowest BCUT2D eigenvalue weighted by molar-refractivity contribution is -0.162. The second-order valence-corrected chi connectivity index (χ2v) is 7.18. The summed E-state index contributed by atoms with van der Waals surface area (Å²) in [4.78, 5) is 17.3. The average Bonchev–Trinajstić information content (AvgIpc) is 2.97. The van der Waals surface area contributed by atoms with Gasteiger partial charge in [0.2, 0.25) is 0 Å². The van der Waals surface area contributed by atoms with Crippen molar-refractivity contribution in [3.63, 3.8) is 0 Å². The quantitative estimate of drug-likeness (QED) is 0.696. The summed E-state index contributed by atoms with van der Waals surface area (Å²) in [6.07, 6.45) is -1.39. The molecule has 0 spiro atoms. The van der Waals surface area contributed by atoms with Crippen LogP contribution in [-0.4, -0.2) is 42.7 Å². The third-order valence-corrected chi connectivity index (χ3v) is 3.69. The lowest BCUT2D eigenvalue weighted by atomic mass is 10.0. The fourth-order valence-electron chi connectivity index (χ4n) is 2.31. The zero-order valence-corrected chi connectivity index (χ0v) is 16.2. The Morgan fingerprint density at radius 2 is 2.15 bits per heavy atom. The largest absolute Gasteiger partial charge is 0.478 e. The van der Waals surface area contributed by atoms with Crippen LogP contribution in [0, 0.1) is 5.82 Å². The van der Waals surface area contributed by atoms with Crippen LogP contribution in [-0.2, 0) is 19.1 Å². The highest BCUT2D eigenvalue weighted by Gasteiger charge is 2.30. The van der Waals surface area contributed by atoms with Crippen molar-refractivity contribution >= 4 is 23.3 Å². The first-order valence-electron chi connectivity index (χ1n) is 8.32. The molecule has 0 aliphatic carbocycles. The van der Waals surface area contributed by atoms with Crippen LogP contribution in [0.4, 0.5) is 4.39 Å². The fourth-order valence-corrected chi connectivity index (χ4v) is 2.48. The van der Waals surface area contributed by atoms with Crippen LogP contribution in [0.5, 0.6) is 5.75 Å². The summed E-state index contributed by atoms with van der Waals surface area (Å²) < 4.78 is 30.5. The Morgan fingerprint density at radius 1 is 1.46 bits per heavy atom. The molecule has 1 aromatic rings. The van der Waals surface area contributed by atoms with Gasteiger partial charge in [-0.25, -0.2) is 9.18 Å². The van der Waals surface area contributed by atoms with Gasteiger partial charge in [0.05, 0.1) is 5.02 Å². The van der Waals surface area contributed by atoms with E-state index in [1.165, 1.54) is 13.0 Å². The molecule has 0 aromatic heterocycles. The highest BCUT2D eigenvalue weighted by atomic mass is 35.5. The van der Waals surface area contributed by atoms with Crippen molar-refractivity contribution in [2.24, 2.45) is 5.16 Å². The topological polar surface area (TPSA) is 66.3 Å². The molecule has 8 heteroatoms. The van der Waals surface area contributed by atoms with Gasteiger partial charge >= 0.3 is 5.97 Å². The number of hydrogen-bond donors (Lipinski definition) is 0. The molecule has 0 bridgehead atoms. The summed E-state index contributed by atoms with van der Waals surface area (Å²) in [5.74, 6) is -1.13. The zero-order valence-electron chi connectivity index (χ0n) is 15.5. The Kier molecular flexibility index (Phi) is 6.47. The summed E-state index contributed by atoms with van der Waals surface area (Å²) in [6, 6.07) is 2.50. The number of carbonyl (C=O) groups excluding carboxylic acids is 1. The molecule has 1 aliphatic rings. The van der Waals surface area contributed by atoms with Crippen LogP contribution in [0.1, 0.15) is 40.2 Å². The Hall–Kier alpha value is -1.86. The van der Waals surface area contributed by atoms with Crippen molar-refractivity contribution in [2.75, 3.05) is 13.2 Å². The van der Waals surface area contributed by atoms with Gasteiger partial charge in [-0.1, -0.05) is 16.8 Å². The van der Waals surface area contributed by atoms with Gasteiger partial charge in [0.1, 0.15) is 35.6 Å². The van der Waals surface area contributed by atoms with Crippen molar-refractivity contribution < 1.29 is 28.2 Å². The van der Waals surface area contributed by atoms with E-state index >= 15 is 0 Å². The number of nitrogens with zero attached hydrogens (tertiary/aromatic N) is 1. The van der Waals surface area contributed by atoms with E-state index < -0.39 is 29.6 Å². The Bertz CT molecular complexity index is 702. The number of ether oxygens (including phenoxy) is 3. The zero-order chi connectivity index (χ0) is 19.5. The second-order valence-electron chi connectivity index (χ2n) is 6.77. The van der Waals surface area contributed by atoms with Gasteiger partial charge in [-0.3, -0.25) is 0 Å². The molecule has 2 atom stereocenters. The number of rotatable bonds is 6. The predicted molar refractivity (Wildman–Crippen MR) is 95.2 cm³/mol. The molecule has 1 heterocycles. The molecule has 0 radical (unpaired) electrons. The highest BCUT2D eigenvalue weighted by Crippen LogP contribution is 2.30. The Labute approximate surface area is 157 Å². The van der Waals surface area contributed by atoms with Gasteiger partial charge in [-0.05, 0) is 40.7 Å². The maximum absolute atomic E-state index is 14.0. The van der Waals surface area contributed by atoms with E-state index in [-0.39, 0.29) is 17.4 Å². The molecule has 0 saturated heterocycles. The van der Waals surface area contributed by atoms with E-state index in [0.29, 0.717) is 17.9 Å². The fraction of sp³-hybridized carbons (Fsp3) is 0.556. The van der Waals surface area contributed by atoms with Gasteiger partial charge in [-0.2, -0.15) is 0 Å². The molecule has 6 nitrogen and oxygen atoms in total. The molecular formula is C18H23ClFNO5. The number of halogens is 2. The van der Waals surface area contributed by atoms with Crippen molar-refractivity contribution in [1.82, 2.24) is 0 Å². The van der Waals surface area contributed by atoms with Crippen LogP contribution >= 0.6 is 11.6 Å². The molecule has 0 amide bonds. The van der Waals surface area contributed by atoms with Crippen LogP contribution in [0.2, 0.25) is 5.02 Å². The van der Waals surface area contributed by atoms with E-state index in [4.69, 9.17) is 30.6 Å². The third kappa shape index (κ3) is 5.08. The average molecular weight is 388 g/mol. The highest BCUT2D eigenvalue weighted by molar-refractivity contribution is 6.31. The lowest BCUT2D eigenvalue weighted by Gasteiger charge is -2.23. The smallest absolute Gasteiger partial charge is 0.347 e. The van der Waals surface area contributed by atoms with E-state index in [1.54, 1.807) is 20.8 Å². The number of carbonyl (C=O) groups is 1. The number of benzene rings is 1. The maximum atomic E-state index is 14.0. The molecule has 2 rings (SSSR count). The molecule has 2 unspecified atom stereocenters. The number of oxime groups is 1. The second kappa shape index (κ2) is 8.22. The van der Waals surface area contributed by atoms with Crippen molar-refractivity contribution in [3.05, 3.63) is 28.5 Å². The molecule has 26 heavy (non-hydrogen) atoms. The monoisotopic (exact) mass is 387 g/mol. The summed E-state index contributed by atoms with van der Waals surface area (Å²) >= 11 is 5.92. The summed E-state index contributed by atoms with van der Waals surface area (Å²) in [7, 11) is 0. The molecule has 0 saturated carbocycles. The summed E-state index contributed by atoms with van der Waals surface area (Å²) in [5, 5.41) is 3.87. The van der Waals surface area contributed by atoms with Crippen LogP contribution in [0.25, 0.3) is 0 Å². The number of esters is 1. The van der Waals surface area contributed by atoms with Crippen LogP contribution < -0.4 is 4.74 Å². The summed E-state index contributed by atoms with van der Waals surface area (Å²) in [5.41, 5.74) is 0.176. The van der Waals surface area contributed by atoms with Gasteiger partial charge in [0.15, 0.2) is 6.10 Å². The van der Waals surface area contributed by atoms with Gasteiger partial charge in [0.25, 0.3) is 0 Å². The van der Waals surface area contributed by atoms with E-state index in [0.717, 1.165) is 6.07 Å². The van der Waals surface area contributed by atoms with Crippen LogP contribution in [0.15, 0.2) is 17.3 Å². The third-order valence-electron chi connectivity index (χ3n) is 3.40. The predicted octanol–water partition coefficient (Wildman–Crippen LogP) is 3.73. The van der Waals surface area contributed by atoms with E-state index in [9.17, 15) is 9.18 Å². The van der Waals surface area contributed by atoms with E-state index in [2.05, 4.69) is 5.16 Å². The molecule has 0 fully saturated rings. The van der Waals surface area contributed by atoms with Crippen molar-refractivity contribution in [3.8, 4) is 5.75 Å². The standard InChI is InChI=1S/C18H23ClFNO5/c1-6-23-15-9-24-21-16(15)11-7-12(19)13(20)8-14(11)25-10(2)17(22)26-18(3,4)5/h7-8,10,15H,6,9H2,1-5H3. The molecule has 1 aromatic carbocycles. The van der Waals surface area contributed by atoms with Gasteiger partial charge in [0, 0.05) is 18.2 Å². The first-order valence-corrected chi connectivity index (χ1v) is 8.70. The minimum atomic E-state index is -0.956. The maximum Gasteiger partial charge on any atom is 0.347 e. The van der Waals surface area contributed by atoms with Gasteiger partial charge in [-0.15, -0.1) is 0 Å². The Balaban J connectivity index is 2.30. The van der Waals surface area contributed by atoms with Crippen molar-refractivity contribution in [1.29, 1.82) is 0 Å². The Morgan fingerprint density at radius 3 is 2.77 bits per heavy atom. The molecule has 0 N–H and O–H groups in total. The lowest BCUT2D eigenvalue weighted by Crippen LogP contribution is -2.34. The normalized spacial score (nSPS) is 18.1. The van der Waals surface area contributed by atoms with Crippen LogP contribution in [0.3, 0.4) is 0 Å². The number of hydrogen-bond acceptors (Lipinski definition) is 6. The SMILES string of the molecule is CCOC1CON=C1c1cc(Cl)c(F)cc1OC(C)C(=O)OC(C)(C)C. The first kappa shape index (κ1) is 20.5. The van der Waals surface area contributed by atoms with Crippen molar-refractivity contribution in [2.45, 2.75) is 52.4 Å². The first-order chi connectivity index (χ1) is 12.1. The minimum absolute atomic E-state index is 0.0953. The molecule has 1 aliphatic heterocycles. The molecule has 144 valence electrons. The van der Waals surface area contributed by atoms with Gasteiger partial charge < -0.3 is 19.0 Å². The molecular weight excluding hydrogens is 365 g/mol. The summed E-state index contributed by atoms with van der Waals surface area (Å²) in [6.45, 7) is 9.31.